The average molecular weight is 400 g/mol. The number of alkyl halides is 3. The van der Waals surface area contributed by atoms with Crippen LogP contribution in [-0.2, 0) is 6.18 Å². The van der Waals surface area contributed by atoms with Gasteiger partial charge in [0.25, 0.3) is 5.91 Å². The van der Waals surface area contributed by atoms with Crippen molar-refractivity contribution in [1.82, 2.24) is 15.1 Å². The number of methoxy groups -OCH3 is 1. The van der Waals surface area contributed by atoms with Gasteiger partial charge in [-0.15, -0.1) is 5.10 Å². The Morgan fingerprint density at radius 3 is 2.78 bits per heavy atom. The Labute approximate surface area is 159 Å². The third-order valence-corrected chi connectivity index (χ3v) is 4.77. The number of likely N-dealkylation sites (tertiary alicyclic amines) is 1. The van der Waals surface area contributed by atoms with Gasteiger partial charge in [-0.3, -0.25) is 4.79 Å². The van der Waals surface area contributed by atoms with E-state index in [0.29, 0.717) is 19.4 Å². The van der Waals surface area contributed by atoms with E-state index >= 15 is 0 Å². The number of aromatic nitrogens is 2. The highest BCUT2D eigenvalue weighted by molar-refractivity contribution is 6.29. The highest BCUT2D eigenvalue weighted by Crippen LogP contribution is 2.40. The fourth-order valence-corrected chi connectivity index (χ4v) is 3.48. The van der Waals surface area contributed by atoms with Crippen molar-refractivity contribution in [2.24, 2.45) is 0 Å². The molecule has 0 N–H and O–H groups in total. The fraction of sp³-hybridized carbons (Fsp3) is 0.389. The van der Waals surface area contributed by atoms with Gasteiger partial charge in [0.2, 0.25) is 0 Å². The Morgan fingerprint density at radius 2 is 2.11 bits per heavy atom. The lowest BCUT2D eigenvalue weighted by molar-refractivity contribution is -0.138. The van der Waals surface area contributed by atoms with E-state index in [9.17, 15) is 18.0 Å². The topological polar surface area (TPSA) is 55.3 Å². The van der Waals surface area contributed by atoms with Crippen molar-refractivity contribution in [3.8, 4) is 5.75 Å². The number of ether oxygens (including phenoxy) is 1. The Balaban J connectivity index is 1.87. The second kappa shape index (κ2) is 7.72. The summed E-state index contributed by atoms with van der Waals surface area (Å²) < 4.78 is 45.5. The molecule has 144 valence electrons. The molecule has 0 radical (unpaired) electrons. The van der Waals surface area contributed by atoms with Gasteiger partial charge < -0.3 is 9.64 Å². The SMILES string of the molecule is COc1ccc(C2CCCN(C(=O)c3cnnc(Cl)c3)C2)c(C(F)(F)F)c1. The summed E-state index contributed by atoms with van der Waals surface area (Å²) in [7, 11) is 1.32. The minimum absolute atomic E-state index is 0.0870. The van der Waals surface area contributed by atoms with E-state index in [1.807, 2.05) is 0 Å². The van der Waals surface area contributed by atoms with Gasteiger partial charge in [0.15, 0.2) is 5.15 Å². The smallest absolute Gasteiger partial charge is 0.416 e. The Morgan fingerprint density at radius 1 is 1.33 bits per heavy atom. The van der Waals surface area contributed by atoms with Crippen LogP contribution in [0.5, 0.6) is 5.75 Å². The second-order valence-electron chi connectivity index (χ2n) is 6.31. The Kier molecular flexibility index (Phi) is 5.55. The van der Waals surface area contributed by atoms with Crippen LogP contribution in [-0.4, -0.2) is 41.2 Å². The normalized spacial score (nSPS) is 17.7. The van der Waals surface area contributed by atoms with Gasteiger partial charge in [0.05, 0.1) is 24.4 Å². The van der Waals surface area contributed by atoms with Crippen LogP contribution in [0, 0.1) is 0 Å². The lowest BCUT2D eigenvalue weighted by Crippen LogP contribution is -2.39. The molecule has 1 aromatic carbocycles. The first-order valence-corrected chi connectivity index (χ1v) is 8.70. The van der Waals surface area contributed by atoms with Gasteiger partial charge in [-0.25, -0.2) is 0 Å². The van der Waals surface area contributed by atoms with E-state index in [-0.39, 0.29) is 34.5 Å². The third kappa shape index (κ3) is 4.32. The molecule has 5 nitrogen and oxygen atoms in total. The minimum Gasteiger partial charge on any atom is -0.497 e. The minimum atomic E-state index is -4.50. The van der Waals surface area contributed by atoms with Gasteiger partial charge in [-0.05, 0) is 36.6 Å². The van der Waals surface area contributed by atoms with Crippen LogP contribution >= 0.6 is 11.6 Å². The number of hydrogen-bond acceptors (Lipinski definition) is 4. The first kappa shape index (κ1) is 19.4. The monoisotopic (exact) mass is 399 g/mol. The molecule has 1 saturated heterocycles. The molecule has 0 spiro atoms. The van der Waals surface area contributed by atoms with E-state index in [1.54, 1.807) is 0 Å². The number of benzene rings is 1. The number of halogens is 4. The molecule has 3 rings (SSSR count). The molecule has 1 unspecified atom stereocenters. The van der Waals surface area contributed by atoms with Crippen LogP contribution in [0.4, 0.5) is 13.2 Å². The van der Waals surface area contributed by atoms with Crippen molar-refractivity contribution in [3.05, 3.63) is 52.3 Å². The zero-order valence-corrected chi connectivity index (χ0v) is 15.2. The number of piperidine rings is 1. The Hall–Kier alpha value is -2.35. The summed E-state index contributed by atoms with van der Waals surface area (Å²) in [6.07, 6.45) is -2.04. The predicted octanol–water partition coefficient (Wildman–Crippen LogP) is 4.18. The summed E-state index contributed by atoms with van der Waals surface area (Å²) in [5.74, 6) is -0.596. The maximum Gasteiger partial charge on any atom is 0.416 e. The molecule has 1 atom stereocenters. The summed E-state index contributed by atoms with van der Waals surface area (Å²) in [6.45, 7) is 0.654. The highest BCUT2D eigenvalue weighted by Gasteiger charge is 2.37. The van der Waals surface area contributed by atoms with Gasteiger partial charge in [0, 0.05) is 19.0 Å². The molecule has 1 aromatic heterocycles. The summed E-state index contributed by atoms with van der Waals surface area (Å²) >= 11 is 5.77. The lowest BCUT2D eigenvalue weighted by atomic mass is 9.87. The van der Waals surface area contributed by atoms with Crippen molar-refractivity contribution in [2.75, 3.05) is 20.2 Å². The molecular weight excluding hydrogens is 383 g/mol. The molecule has 2 heterocycles. The standard InChI is InChI=1S/C18H17ClF3N3O2/c1-27-13-4-5-14(15(8-13)18(20,21)22)11-3-2-6-25(10-11)17(26)12-7-16(19)24-23-9-12/h4-5,7-9,11H,2-3,6,10H2,1H3. The second-order valence-corrected chi connectivity index (χ2v) is 6.70. The predicted molar refractivity (Wildman–Crippen MR) is 92.9 cm³/mol. The molecule has 1 fully saturated rings. The number of amides is 1. The molecular formula is C18H17ClF3N3O2. The highest BCUT2D eigenvalue weighted by atomic mass is 35.5. The molecule has 0 aliphatic carbocycles. The van der Waals surface area contributed by atoms with Gasteiger partial charge in [-0.1, -0.05) is 17.7 Å². The first-order chi connectivity index (χ1) is 12.8. The van der Waals surface area contributed by atoms with Gasteiger partial charge in [-0.2, -0.15) is 18.3 Å². The summed E-state index contributed by atoms with van der Waals surface area (Å²) in [5.41, 5.74) is -0.289. The quantitative estimate of drug-likeness (QED) is 0.777. The molecule has 27 heavy (non-hydrogen) atoms. The number of nitrogens with zero attached hydrogens (tertiary/aromatic N) is 3. The van der Waals surface area contributed by atoms with E-state index in [2.05, 4.69) is 10.2 Å². The Bertz CT molecular complexity index is 845. The maximum absolute atomic E-state index is 13.5. The van der Waals surface area contributed by atoms with Crippen molar-refractivity contribution < 1.29 is 22.7 Å². The molecule has 1 amide bonds. The number of rotatable bonds is 3. The first-order valence-electron chi connectivity index (χ1n) is 8.32. The van der Waals surface area contributed by atoms with E-state index in [0.717, 1.165) is 6.07 Å². The molecule has 1 aliphatic heterocycles. The molecule has 0 saturated carbocycles. The zero-order valence-electron chi connectivity index (χ0n) is 14.5. The van der Waals surface area contributed by atoms with Crippen molar-refractivity contribution in [2.45, 2.75) is 24.9 Å². The molecule has 2 aromatic rings. The zero-order chi connectivity index (χ0) is 19.6. The number of hydrogen-bond donors (Lipinski definition) is 0. The van der Waals surface area contributed by atoms with E-state index in [1.165, 1.54) is 36.4 Å². The van der Waals surface area contributed by atoms with Crippen LogP contribution in [0.15, 0.2) is 30.5 Å². The van der Waals surface area contributed by atoms with E-state index < -0.39 is 17.7 Å². The summed E-state index contributed by atoms with van der Waals surface area (Å²) in [4.78, 5) is 14.2. The number of carbonyl (C=O) groups is 1. The largest absolute Gasteiger partial charge is 0.497 e. The van der Waals surface area contributed by atoms with Crippen LogP contribution < -0.4 is 4.74 Å². The lowest BCUT2D eigenvalue weighted by Gasteiger charge is -2.34. The van der Waals surface area contributed by atoms with Gasteiger partial charge in [0.1, 0.15) is 5.75 Å². The number of carbonyl (C=O) groups excluding carboxylic acids is 1. The van der Waals surface area contributed by atoms with Crippen LogP contribution in [0.25, 0.3) is 0 Å². The van der Waals surface area contributed by atoms with Crippen LogP contribution in [0.1, 0.15) is 40.2 Å². The van der Waals surface area contributed by atoms with Crippen molar-refractivity contribution >= 4 is 17.5 Å². The van der Waals surface area contributed by atoms with E-state index in [4.69, 9.17) is 16.3 Å². The maximum atomic E-state index is 13.5. The third-order valence-electron chi connectivity index (χ3n) is 4.59. The molecule has 9 heteroatoms. The van der Waals surface area contributed by atoms with Crippen molar-refractivity contribution in [1.29, 1.82) is 0 Å². The van der Waals surface area contributed by atoms with Gasteiger partial charge >= 0.3 is 6.18 Å². The van der Waals surface area contributed by atoms with Crippen molar-refractivity contribution in [3.63, 3.8) is 0 Å². The summed E-state index contributed by atoms with van der Waals surface area (Å²) in [5, 5.41) is 7.33. The molecule has 1 aliphatic rings. The van der Waals surface area contributed by atoms with Crippen LogP contribution in [0.2, 0.25) is 5.15 Å². The fourth-order valence-electron chi connectivity index (χ4n) is 3.32. The summed E-state index contributed by atoms with van der Waals surface area (Å²) in [6, 6.07) is 5.35. The molecule has 0 bridgehead atoms. The average Bonchev–Trinajstić information content (AvgIpc) is 2.66. The van der Waals surface area contributed by atoms with Crippen LogP contribution in [0.3, 0.4) is 0 Å².